The van der Waals surface area contributed by atoms with Crippen LogP contribution in [0.1, 0.15) is 40.3 Å². The fraction of sp³-hybridized carbons (Fsp3) is 0.421. The molecule has 2 heterocycles. The molecule has 1 aliphatic heterocycles. The van der Waals surface area contributed by atoms with Gasteiger partial charge in [0.1, 0.15) is 5.56 Å². The van der Waals surface area contributed by atoms with Gasteiger partial charge in [0.15, 0.2) is 0 Å². The van der Waals surface area contributed by atoms with Crippen molar-refractivity contribution in [2.24, 2.45) is 17.3 Å². The van der Waals surface area contributed by atoms with Crippen molar-refractivity contribution < 1.29 is 14.7 Å². The lowest BCUT2D eigenvalue weighted by atomic mass is 10.1. The molecule has 2 aliphatic rings. The van der Waals surface area contributed by atoms with Gasteiger partial charge in [-0.3, -0.25) is 4.79 Å². The Morgan fingerprint density at radius 3 is 2.28 bits per heavy atom. The van der Waals surface area contributed by atoms with Crippen LogP contribution >= 0.6 is 0 Å². The summed E-state index contributed by atoms with van der Waals surface area (Å²) >= 11 is 0. The number of aromatic carboxylic acids is 1. The number of carbonyl (C=O) groups excluding carboxylic acids is 1. The number of benzene rings is 1. The highest BCUT2D eigenvalue weighted by Gasteiger charge is 2.62. The van der Waals surface area contributed by atoms with Crippen molar-refractivity contribution in [1.29, 1.82) is 0 Å². The van der Waals surface area contributed by atoms with Gasteiger partial charge < -0.3 is 10.0 Å². The number of amides is 1. The average molecular weight is 339 g/mol. The average Bonchev–Trinajstić information content (AvgIpc) is 2.99. The minimum atomic E-state index is -0.994. The number of aromatic nitrogens is 2. The number of nitrogens with zero attached hydrogens (tertiary/aromatic N) is 3. The first-order chi connectivity index (χ1) is 11.8. The summed E-state index contributed by atoms with van der Waals surface area (Å²) < 4.78 is 1.57. The van der Waals surface area contributed by atoms with Gasteiger partial charge in [0.25, 0.3) is 5.91 Å². The molecule has 0 bridgehead atoms. The van der Waals surface area contributed by atoms with Gasteiger partial charge in [-0.05, 0) is 48.4 Å². The van der Waals surface area contributed by atoms with Gasteiger partial charge in [-0.15, -0.1) is 0 Å². The first kappa shape index (κ1) is 15.9. The molecule has 2 fully saturated rings. The van der Waals surface area contributed by atoms with E-state index in [4.69, 9.17) is 5.11 Å². The number of carboxylic acid groups (broad SMARTS) is 1. The maximum atomic E-state index is 12.7. The van der Waals surface area contributed by atoms with E-state index < -0.39 is 5.97 Å². The highest BCUT2D eigenvalue weighted by molar-refractivity contribution is 5.94. The Labute approximate surface area is 146 Å². The minimum absolute atomic E-state index is 0.0676. The highest BCUT2D eigenvalue weighted by atomic mass is 16.4. The lowest BCUT2D eigenvalue weighted by Crippen LogP contribution is -2.32. The summed E-state index contributed by atoms with van der Waals surface area (Å²) in [4.78, 5) is 25.7. The number of fused-ring (bicyclic) bond motifs is 1. The third-order valence-corrected chi connectivity index (χ3v) is 6.01. The molecule has 4 rings (SSSR count). The van der Waals surface area contributed by atoms with E-state index in [1.54, 1.807) is 35.9 Å². The summed E-state index contributed by atoms with van der Waals surface area (Å²) in [6, 6.07) is 7.18. The molecule has 1 aromatic carbocycles. The largest absolute Gasteiger partial charge is 0.478 e. The number of piperidine rings is 1. The van der Waals surface area contributed by atoms with Crippen molar-refractivity contribution >= 4 is 11.9 Å². The Bertz CT molecular complexity index is 853. The number of carbonyl (C=O) groups is 2. The Balaban J connectivity index is 1.51. The van der Waals surface area contributed by atoms with E-state index in [1.165, 1.54) is 6.20 Å². The fourth-order valence-corrected chi connectivity index (χ4v) is 4.11. The van der Waals surface area contributed by atoms with Crippen LogP contribution in [0.5, 0.6) is 0 Å². The molecule has 6 nitrogen and oxygen atoms in total. The number of hydrogen-bond acceptors (Lipinski definition) is 3. The number of hydrogen-bond donors (Lipinski definition) is 1. The van der Waals surface area contributed by atoms with E-state index in [-0.39, 0.29) is 11.5 Å². The summed E-state index contributed by atoms with van der Waals surface area (Å²) in [5.41, 5.74) is 2.53. The lowest BCUT2D eigenvalue weighted by Gasteiger charge is -2.22. The number of rotatable bonds is 3. The molecule has 1 aliphatic carbocycles. The van der Waals surface area contributed by atoms with Crippen LogP contribution in [0.15, 0.2) is 30.5 Å². The van der Waals surface area contributed by atoms with Gasteiger partial charge in [0, 0.05) is 18.7 Å². The van der Waals surface area contributed by atoms with Gasteiger partial charge in [-0.2, -0.15) is 5.10 Å². The Morgan fingerprint density at radius 2 is 1.76 bits per heavy atom. The van der Waals surface area contributed by atoms with E-state index >= 15 is 0 Å². The maximum absolute atomic E-state index is 12.7. The van der Waals surface area contributed by atoms with Crippen molar-refractivity contribution in [2.45, 2.75) is 20.8 Å². The SMILES string of the molecule is Cc1c(C(=O)O)cnn1-c1ccc(C(=O)N2C[C@@H]3[C@@H](C2)C3(C)C)cc1. The molecule has 0 spiro atoms. The van der Waals surface area contributed by atoms with E-state index in [9.17, 15) is 9.59 Å². The normalized spacial score (nSPS) is 23.4. The monoisotopic (exact) mass is 339 g/mol. The summed E-state index contributed by atoms with van der Waals surface area (Å²) in [5.74, 6) is 0.345. The van der Waals surface area contributed by atoms with Crippen LogP contribution in [0.3, 0.4) is 0 Å². The molecule has 1 saturated heterocycles. The molecule has 130 valence electrons. The van der Waals surface area contributed by atoms with E-state index in [2.05, 4.69) is 18.9 Å². The zero-order valence-electron chi connectivity index (χ0n) is 14.6. The van der Waals surface area contributed by atoms with Gasteiger partial charge >= 0.3 is 5.97 Å². The quantitative estimate of drug-likeness (QED) is 0.933. The van der Waals surface area contributed by atoms with Crippen LogP contribution in [0.2, 0.25) is 0 Å². The lowest BCUT2D eigenvalue weighted by molar-refractivity contribution is 0.0694. The van der Waals surface area contributed by atoms with Gasteiger partial charge in [-0.1, -0.05) is 13.8 Å². The number of carboxylic acids is 1. The van der Waals surface area contributed by atoms with E-state index in [0.29, 0.717) is 28.5 Å². The zero-order valence-corrected chi connectivity index (χ0v) is 14.6. The molecule has 0 unspecified atom stereocenters. The van der Waals surface area contributed by atoms with Crippen LogP contribution in [0.25, 0.3) is 5.69 Å². The molecule has 2 aromatic rings. The second-order valence-electron chi connectivity index (χ2n) is 7.65. The summed E-state index contributed by atoms with van der Waals surface area (Å²) in [6.45, 7) is 7.96. The molecular weight excluding hydrogens is 318 g/mol. The molecule has 1 amide bonds. The Hall–Kier alpha value is -2.63. The number of likely N-dealkylation sites (tertiary alicyclic amines) is 1. The molecule has 6 heteroatoms. The first-order valence-corrected chi connectivity index (χ1v) is 8.48. The molecule has 1 saturated carbocycles. The molecule has 1 N–H and O–H groups in total. The topological polar surface area (TPSA) is 75.4 Å². The second kappa shape index (κ2) is 5.18. The Kier molecular flexibility index (Phi) is 3.29. The summed E-state index contributed by atoms with van der Waals surface area (Å²) in [6.07, 6.45) is 1.34. The van der Waals surface area contributed by atoms with E-state index in [0.717, 1.165) is 18.8 Å². The fourth-order valence-electron chi connectivity index (χ4n) is 4.11. The van der Waals surface area contributed by atoms with Crippen LogP contribution in [0, 0.1) is 24.2 Å². The first-order valence-electron chi connectivity index (χ1n) is 8.48. The van der Waals surface area contributed by atoms with Crippen molar-refractivity contribution in [2.75, 3.05) is 13.1 Å². The van der Waals surface area contributed by atoms with Crippen molar-refractivity contribution in [1.82, 2.24) is 14.7 Å². The van der Waals surface area contributed by atoms with Gasteiger partial charge in [0.2, 0.25) is 0 Å². The predicted octanol–water partition coefficient (Wildman–Crippen LogP) is 2.61. The molecule has 25 heavy (non-hydrogen) atoms. The Morgan fingerprint density at radius 1 is 1.16 bits per heavy atom. The third-order valence-electron chi connectivity index (χ3n) is 6.01. The highest BCUT2D eigenvalue weighted by Crippen LogP contribution is 2.62. The van der Waals surface area contributed by atoms with Crippen LogP contribution in [-0.4, -0.2) is 44.8 Å². The van der Waals surface area contributed by atoms with Crippen LogP contribution < -0.4 is 0 Å². The van der Waals surface area contributed by atoms with Crippen LogP contribution in [0.4, 0.5) is 0 Å². The standard InChI is InChI=1S/C19H21N3O3/c1-11-14(18(24)25)8-20-22(11)13-6-4-12(5-7-13)17(23)21-9-15-16(10-21)19(15,2)3/h4-8,15-16H,9-10H2,1-3H3,(H,24,25)/t15-,16-/m1/s1. The molecule has 0 radical (unpaired) electrons. The van der Waals surface area contributed by atoms with Crippen LogP contribution in [-0.2, 0) is 0 Å². The third kappa shape index (κ3) is 2.35. The van der Waals surface area contributed by atoms with E-state index in [1.807, 2.05) is 4.90 Å². The van der Waals surface area contributed by atoms with Crippen molar-refractivity contribution in [3.8, 4) is 5.69 Å². The van der Waals surface area contributed by atoms with Gasteiger partial charge in [-0.25, -0.2) is 9.48 Å². The summed E-state index contributed by atoms with van der Waals surface area (Å²) in [7, 11) is 0. The van der Waals surface area contributed by atoms with Crippen molar-refractivity contribution in [3.63, 3.8) is 0 Å². The van der Waals surface area contributed by atoms with Gasteiger partial charge in [0.05, 0.1) is 17.6 Å². The molecular formula is C19H21N3O3. The predicted molar refractivity (Wildman–Crippen MR) is 91.9 cm³/mol. The minimum Gasteiger partial charge on any atom is -0.478 e. The van der Waals surface area contributed by atoms with Crippen molar-refractivity contribution in [3.05, 3.63) is 47.3 Å². The second-order valence-corrected chi connectivity index (χ2v) is 7.65. The summed E-state index contributed by atoms with van der Waals surface area (Å²) in [5, 5.41) is 13.3. The molecule has 1 aromatic heterocycles. The molecule has 2 atom stereocenters. The zero-order chi connectivity index (χ0) is 17.9. The smallest absolute Gasteiger partial charge is 0.339 e. The maximum Gasteiger partial charge on any atom is 0.339 e.